The Kier molecular flexibility index (Phi) is 2.79. The van der Waals surface area contributed by atoms with Crippen molar-refractivity contribution in [2.75, 3.05) is 12.4 Å². The molecule has 4 atom stereocenters. The van der Waals surface area contributed by atoms with Crippen molar-refractivity contribution in [2.45, 2.75) is 43.2 Å². The van der Waals surface area contributed by atoms with Crippen LogP contribution in [0.1, 0.15) is 13.8 Å². The summed E-state index contributed by atoms with van der Waals surface area (Å²) in [6.07, 6.45) is -0.745. The van der Waals surface area contributed by atoms with E-state index < -0.39 is 11.9 Å². The molecule has 2 heterocycles. The Labute approximate surface area is 87.6 Å². The van der Waals surface area contributed by atoms with Gasteiger partial charge in [0.15, 0.2) is 5.79 Å². The fraction of sp³-hybridized carbons (Fsp3) is 1.00. The highest BCUT2D eigenvalue weighted by Crippen LogP contribution is 2.42. The number of thioether (sulfide) groups is 1. The first-order valence-electron chi connectivity index (χ1n) is 4.79. The quantitative estimate of drug-likeness (QED) is 0.684. The maximum Gasteiger partial charge on any atom is 0.163 e. The van der Waals surface area contributed by atoms with Crippen LogP contribution in [0.5, 0.6) is 0 Å². The Bertz CT molecular complexity index is 221. The summed E-state index contributed by atoms with van der Waals surface area (Å²) in [6.45, 7) is 3.53. The summed E-state index contributed by atoms with van der Waals surface area (Å²) in [5, 5.41) is 18.4. The summed E-state index contributed by atoms with van der Waals surface area (Å²) < 4.78 is 11.4. The third-order valence-corrected chi connectivity index (χ3v) is 4.05. The van der Waals surface area contributed by atoms with Gasteiger partial charge < -0.3 is 19.7 Å². The van der Waals surface area contributed by atoms with Gasteiger partial charge in [-0.1, -0.05) is 0 Å². The minimum atomic E-state index is -0.715. The summed E-state index contributed by atoms with van der Waals surface area (Å²) >= 11 is 1.61. The predicted molar refractivity (Wildman–Crippen MR) is 53.2 cm³/mol. The van der Waals surface area contributed by atoms with Crippen LogP contribution in [0.15, 0.2) is 0 Å². The van der Waals surface area contributed by atoms with Gasteiger partial charge in [0.25, 0.3) is 0 Å². The van der Waals surface area contributed by atoms with Gasteiger partial charge in [-0.3, -0.25) is 0 Å². The standard InChI is InChI=1S/C9H16O4S/c1-9(2)12-6-4-14-8(5(11)3-10)7(6)13-9/h5-8,10-11H,3-4H2,1-2H3/t5?,6-,7?,8+/m0/s1. The monoisotopic (exact) mass is 220 g/mol. The van der Waals surface area contributed by atoms with Gasteiger partial charge >= 0.3 is 0 Å². The Morgan fingerprint density at radius 3 is 2.86 bits per heavy atom. The molecule has 0 aromatic carbocycles. The first-order chi connectivity index (χ1) is 6.53. The average molecular weight is 220 g/mol. The molecule has 4 nitrogen and oxygen atoms in total. The predicted octanol–water partition coefficient (Wildman–Crippen LogP) is -0.0249. The smallest absolute Gasteiger partial charge is 0.163 e. The fourth-order valence-electron chi connectivity index (χ4n) is 2.01. The molecule has 82 valence electrons. The lowest BCUT2D eigenvalue weighted by atomic mass is 10.1. The summed E-state index contributed by atoms with van der Waals surface area (Å²) in [5.41, 5.74) is 0. The Morgan fingerprint density at radius 1 is 1.50 bits per heavy atom. The van der Waals surface area contributed by atoms with Crippen molar-refractivity contribution in [2.24, 2.45) is 0 Å². The molecule has 2 fully saturated rings. The van der Waals surface area contributed by atoms with E-state index >= 15 is 0 Å². The summed E-state index contributed by atoms with van der Waals surface area (Å²) in [7, 11) is 0. The van der Waals surface area contributed by atoms with E-state index in [1.54, 1.807) is 11.8 Å². The van der Waals surface area contributed by atoms with Gasteiger partial charge in [0.05, 0.1) is 24.1 Å². The number of aliphatic hydroxyl groups excluding tert-OH is 2. The molecule has 5 heteroatoms. The maximum atomic E-state index is 9.57. The van der Waals surface area contributed by atoms with E-state index in [0.29, 0.717) is 0 Å². The first kappa shape index (κ1) is 10.7. The van der Waals surface area contributed by atoms with E-state index in [4.69, 9.17) is 14.6 Å². The SMILES string of the molecule is CC1(C)OC2[C@@H](C(O)CO)SC[C@@H]2O1. The Balaban J connectivity index is 2.04. The van der Waals surface area contributed by atoms with Gasteiger partial charge in [-0.05, 0) is 13.8 Å². The van der Waals surface area contributed by atoms with Crippen molar-refractivity contribution >= 4 is 11.8 Å². The molecular weight excluding hydrogens is 204 g/mol. The van der Waals surface area contributed by atoms with Gasteiger partial charge in [0, 0.05) is 5.75 Å². The van der Waals surface area contributed by atoms with Gasteiger partial charge in [-0.2, -0.15) is 11.8 Å². The number of hydrogen-bond acceptors (Lipinski definition) is 5. The molecule has 2 rings (SSSR count). The number of aliphatic hydroxyl groups is 2. The third kappa shape index (κ3) is 1.79. The molecule has 2 N–H and O–H groups in total. The van der Waals surface area contributed by atoms with Gasteiger partial charge in [0.2, 0.25) is 0 Å². The second kappa shape index (κ2) is 3.64. The molecule has 0 amide bonds. The first-order valence-corrected chi connectivity index (χ1v) is 5.84. The summed E-state index contributed by atoms with van der Waals surface area (Å²) in [4.78, 5) is 0. The number of rotatable bonds is 2. The van der Waals surface area contributed by atoms with Gasteiger partial charge in [-0.15, -0.1) is 0 Å². The van der Waals surface area contributed by atoms with Crippen LogP contribution in [0.2, 0.25) is 0 Å². The molecule has 0 aromatic rings. The molecule has 2 unspecified atom stereocenters. The van der Waals surface area contributed by atoms with Crippen molar-refractivity contribution in [1.29, 1.82) is 0 Å². The van der Waals surface area contributed by atoms with E-state index in [0.717, 1.165) is 5.75 Å². The van der Waals surface area contributed by atoms with Crippen LogP contribution in [-0.4, -0.2) is 51.9 Å². The van der Waals surface area contributed by atoms with Crippen LogP contribution in [0, 0.1) is 0 Å². The minimum absolute atomic E-state index is 0.0567. The molecule has 0 bridgehead atoms. The molecule has 0 saturated carbocycles. The van der Waals surface area contributed by atoms with Crippen LogP contribution in [-0.2, 0) is 9.47 Å². The maximum absolute atomic E-state index is 9.57. The van der Waals surface area contributed by atoms with Crippen LogP contribution in [0.3, 0.4) is 0 Å². The Morgan fingerprint density at radius 2 is 2.21 bits per heavy atom. The van der Waals surface area contributed by atoms with E-state index in [9.17, 15) is 5.11 Å². The zero-order valence-corrected chi connectivity index (χ0v) is 9.16. The summed E-state index contributed by atoms with van der Waals surface area (Å²) in [5.74, 6) is 0.277. The average Bonchev–Trinajstić information content (AvgIpc) is 2.58. The van der Waals surface area contributed by atoms with Crippen LogP contribution in [0.4, 0.5) is 0 Å². The zero-order valence-electron chi connectivity index (χ0n) is 8.34. The van der Waals surface area contributed by atoms with E-state index in [1.807, 2.05) is 13.8 Å². The molecule has 14 heavy (non-hydrogen) atoms. The van der Waals surface area contributed by atoms with E-state index in [1.165, 1.54) is 0 Å². The molecule has 2 saturated heterocycles. The second-order valence-electron chi connectivity index (χ2n) is 4.19. The van der Waals surface area contributed by atoms with Gasteiger partial charge in [-0.25, -0.2) is 0 Å². The molecule has 2 aliphatic heterocycles. The Hall–Kier alpha value is 0.190. The highest BCUT2D eigenvalue weighted by molar-refractivity contribution is 8.00. The number of fused-ring (bicyclic) bond motifs is 1. The largest absolute Gasteiger partial charge is 0.394 e. The molecule has 0 radical (unpaired) electrons. The van der Waals surface area contributed by atoms with E-state index in [2.05, 4.69) is 0 Å². The van der Waals surface area contributed by atoms with Crippen molar-refractivity contribution in [3.63, 3.8) is 0 Å². The minimum Gasteiger partial charge on any atom is -0.394 e. The van der Waals surface area contributed by atoms with Crippen molar-refractivity contribution < 1.29 is 19.7 Å². The van der Waals surface area contributed by atoms with Crippen LogP contribution < -0.4 is 0 Å². The topological polar surface area (TPSA) is 58.9 Å². The number of hydrogen-bond donors (Lipinski definition) is 2. The van der Waals surface area contributed by atoms with Crippen LogP contribution in [0.25, 0.3) is 0 Å². The molecule has 2 aliphatic rings. The van der Waals surface area contributed by atoms with Crippen molar-refractivity contribution in [3.8, 4) is 0 Å². The molecule has 0 spiro atoms. The lowest BCUT2D eigenvalue weighted by molar-refractivity contribution is -0.147. The second-order valence-corrected chi connectivity index (χ2v) is 5.40. The normalized spacial score (nSPS) is 42.4. The third-order valence-electron chi connectivity index (χ3n) is 2.56. The van der Waals surface area contributed by atoms with Crippen LogP contribution >= 0.6 is 11.8 Å². The molecule has 0 aromatic heterocycles. The number of ether oxygens (including phenoxy) is 2. The zero-order chi connectivity index (χ0) is 10.3. The highest BCUT2D eigenvalue weighted by Gasteiger charge is 2.51. The summed E-state index contributed by atoms with van der Waals surface area (Å²) in [6, 6.07) is 0. The fourth-order valence-corrected chi connectivity index (χ4v) is 3.40. The lowest BCUT2D eigenvalue weighted by Crippen LogP contribution is -2.38. The lowest BCUT2D eigenvalue weighted by Gasteiger charge is -2.23. The van der Waals surface area contributed by atoms with Crippen molar-refractivity contribution in [1.82, 2.24) is 0 Å². The highest BCUT2D eigenvalue weighted by atomic mass is 32.2. The van der Waals surface area contributed by atoms with E-state index in [-0.39, 0.29) is 24.1 Å². The van der Waals surface area contributed by atoms with Gasteiger partial charge in [0.1, 0.15) is 6.10 Å². The van der Waals surface area contributed by atoms with Crippen molar-refractivity contribution in [3.05, 3.63) is 0 Å². The molecule has 0 aliphatic carbocycles. The molecular formula is C9H16O4S.